The van der Waals surface area contributed by atoms with E-state index in [0.717, 1.165) is 6.42 Å². The molecule has 20 heavy (non-hydrogen) atoms. The number of Topliss-reactive ketones (excluding diaryl/α,β-unsaturated/α-hetero) is 2. The average molecular weight is 278 g/mol. The van der Waals surface area contributed by atoms with Crippen molar-refractivity contribution in [1.29, 1.82) is 0 Å². The average Bonchev–Trinajstić information content (AvgIpc) is 2.80. The summed E-state index contributed by atoms with van der Waals surface area (Å²) in [4.78, 5) is 25.1. The van der Waals surface area contributed by atoms with Crippen LogP contribution in [0.5, 0.6) is 0 Å². The van der Waals surface area contributed by atoms with Crippen molar-refractivity contribution >= 4 is 11.6 Å². The molecule has 0 radical (unpaired) electrons. The summed E-state index contributed by atoms with van der Waals surface area (Å²) in [6.07, 6.45) is 8.50. The summed E-state index contributed by atoms with van der Waals surface area (Å²) in [6.45, 7) is 1.99. The van der Waals surface area contributed by atoms with Gasteiger partial charge in [0.05, 0.1) is 16.9 Å². The summed E-state index contributed by atoms with van der Waals surface area (Å²) >= 11 is 0. The van der Waals surface area contributed by atoms with Crippen molar-refractivity contribution in [2.45, 2.75) is 51.6 Å². The van der Waals surface area contributed by atoms with E-state index in [1.54, 1.807) is 7.11 Å². The fourth-order valence-corrected chi connectivity index (χ4v) is 4.04. The number of carbonyl (C=O) groups excluding carboxylic acids is 2. The molecule has 0 bridgehead atoms. The molecule has 2 fully saturated rings. The third kappa shape index (κ3) is 2.01. The highest BCUT2D eigenvalue weighted by molar-refractivity contribution is 5.98. The third-order valence-corrected chi connectivity index (χ3v) is 5.10. The Labute approximate surface area is 120 Å². The van der Waals surface area contributed by atoms with E-state index >= 15 is 0 Å². The van der Waals surface area contributed by atoms with E-state index in [1.165, 1.54) is 0 Å². The molecule has 0 heterocycles. The standard InChI is InChI=1S/C16H22O4/c1-4-9-15(2)12(17)7-8-14(20-11-19-3)16(15)10-5-6-13(16)18/h1,14H,5-11H2,2-3H3/t14-,15-,16+/m1/s1. The van der Waals surface area contributed by atoms with Crippen LogP contribution in [0.15, 0.2) is 0 Å². The topological polar surface area (TPSA) is 52.6 Å². The van der Waals surface area contributed by atoms with Crippen molar-refractivity contribution in [2.75, 3.05) is 13.9 Å². The monoisotopic (exact) mass is 278 g/mol. The number of rotatable bonds is 4. The largest absolute Gasteiger partial charge is 0.359 e. The maximum Gasteiger partial charge on any atom is 0.146 e. The van der Waals surface area contributed by atoms with Gasteiger partial charge in [-0.15, -0.1) is 12.3 Å². The third-order valence-electron chi connectivity index (χ3n) is 5.10. The van der Waals surface area contributed by atoms with Crippen LogP contribution in [0.25, 0.3) is 0 Å². The summed E-state index contributed by atoms with van der Waals surface area (Å²) in [5, 5.41) is 0. The highest BCUT2D eigenvalue weighted by Crippen LogP contribution is 2.58. The Morgan fingerprint density at radius 3 is 2.65 bits per heavy atom. The van der Waals surface area contributed by atoms with E-state index in [-0.39, 0.29) is 24.5 Å². The minimum Gasteiger partial charge on any atom is -0.359 e. The van der Waals surface area contributed by atoms with E-state index in [9.17, 15) is 9.59 Å². The Hall–Kier alpha value is -1.18. The normalized spacial score (nSPS) is 37.4. The van der Waals surface area contributed by atoms with E-state index in [0.29, 0.717) is 32.1 Å². The van der Waals surface area contributed by atoms with Crippen LogP contribution in [0, 0.1) is 23.2 Å². The summed E-state index contributed by atoms with van der Waals surface area (Å²) in [5.74, 6) is 2.83. The minimum absolute atomic E-state index is 0.1000. The van der Waals surface area contributed by atoms with E-state index in [2.05, 4.69) is 5.92 Å². The molecule has 0 aromatic heterocycles. The summed E-state index contributed by atoms with van der Waals surface area (Å²) < 4.78 is 10.7. The van der Waals surface area contributed by atoms with E-state index < -0.39 is 10.8 Å². The molecule has 1 spiro atoms. The molecule has 2 aliphatic carbocycles. The number of hydrogen-bond acceptors (Lipinski definition) is 4. The second kappa shape index (κ2) is 5.67. The molecule has 4 heteroatoms. The van der Waals surface area contributed by atoms with Crippen molar-refractivity contribution in [3.05, 3.63) is 0 Å². The molecule has 0 saturated heterocycles. The lowest BCUT2D eigenvalue weighted by Gasteiger charge is -2.51. The first-order valence-electron chi connectivity index (χ1n) is 7.13. The van der Waals surface area contributed by atoms with Crippen LogP contribution < -0.4 is 0 Å². The van der Waals surface area contributed by atoms with Gasteiger partial charge in [0.25, 0.3) is 0 Å². The predicted molar refractivity (Wildman–Crippen MR) is 73.8 cm³/mol. The van der Waals surface area contributed by atoms with Gasteiger partial charge in [-0.25, -0.2) is 0 Å². The molecule has 0 amide bonds. The smallest absolute Gasteiger partial charge is 0.146 e. The molecule has 110 valence electrons. The van der Waals surface area contributed by atoms with Crippen LogP contribution in [0.4, 0.5) is 0 Å². The Morgan fingerprint density at radius 2 is 2.10 bits per heavy atom. The highest BCUT2D eigenvalue weighted by atomic mass is 16.7. The van der Waals surface area contributed by atoms with Crippen molar-refractivity contribution in [1.82, 2.24) is 0 Å². The zero-order valence-corrected chi connectivity index (χ0v) is 12.2. The molecular formula is C16H22O4. The first-order chi connectivity index (χ1) is 9.53. The van der Waals surface area contributed by atoms with Gasteiger partial charge in [-0.3, -0.25) is 9.59 Å². The molecule has 3 atom stereocenters. The van der Waals surface area contributed by atoms with Crippen molar-refractivity contribution in [3.8, 4) is 12.3 Å². The first kappa shape index (κ1) is 15.2. The lowest BCUT2D eigenvalue weighted by Crippen LogP contribution is -2.59. The van der Waals surface area contributed by atoms with E-state index in [4.69, 9.17) is 15.9 Å². The number of terminal acetylenes is 1. The fraction of sp³-hybridized carbons (Fsp3) is 0.750. The van der Waals surface area contributed by atoms with Crippen LogP contribution in [-0.4, -0.2) is 31.6 Å². The Kier molecular flexibility index (Phi) is 4.31. The molecular weight excluding hydrogens is 256 g/mol. The quantitative estimate of drug-likeness (QED) is 0.584. The van der Waals surface area contributed by atoms with Crippen LogP contribution in [0.1, 0.15) is 45.4 Å². The number of hydrogen-bond donors (Lipinski definition) is 0. The van der Waals surface area contributed by atoms with Gasteiger partial charge < -0.3 is 9.47 Å². The molecule has 0 N–H and O–H groups in total. The second-order valence-electron chi connectivity index (χ2n) is 5.98. The number of ether oxygens (including phenoxy) is 2. The van der Waals surface area contributed by atoms with Gasteiger partial charge >= 0.3 is 0 Å². The minimum atomic E-state index is -0.800. The number of ketones is 2. The predicted octanol–water partition coefficient (Wildman–Crippen LogP) is 2.11. The molecule has 0 aromatic carbocycles. The zero-order valence-electron chi connectivity index (χ0n) is 12.2. The van der Waals surface area contributed by atoms with Gasteiger partial charge in [-0.1, -0.05) is 6.92 Å². The Bertz CT molecular complexity index is 450. The Balaban J connectivity index is 2.44. The summed E-state index contributed by atoms with van der Waals surface area (Å²) in [5.41, 5.74) is -1.56. The summed E-state index contributed by atoms with van der Waals surface area (Å²) in [6, 6.07) is 0. The molecule has 2 rings (SSSR count). The second-order valence-corrected chi connectivity index (χ2v) is 5.98. The summed E-state index contributed by atoms with van der Waals surface area (Å²) in [7, 11) is 1.55. The van der Waals surface area contributed by atoms with Gasteiger partial charge in [-0.05, 0) is 19.3 Å². The maximum absolute atomic E-state index is 12.6. The van der Waals surface area contributed by atoms with Gasteiger partial charge in [0.1, 0.15) is 18.4 Å². The number of methoxy groups -OCH3 is 1. The molecule has 4 nitrogen and oxygen atoms in total. The lowest BCUT2D eigenvalue weighted by atomic mass is 9.52. The number of carbonyl (C=O) groups is 2. The Morgan fingerprint density at radius 1 is 1.35 bits per heavy atom. The molecule has 2 aliphatic rings. The van der Waals surface area contributed by atoms with Gasteiger partial charge in [0.15, 0.2) is 0 Å². The molecule has 2 saturated carbocycles. The van der Waals surface area contributed by atoms with Crippen LogP contribution in [-0.2, 0) is 19.1 Å². The molecule has 0 unspecified atom stereocenters. The van der Waals surface area contributed by atoms with Gasteiger partial charge in [0.2, 0.25) is 0 Å². The van der Waals surface area contributed by atoms with Crippen molar-refractivity contribution in [2.24, 2.45) is 10.8 Å². The van der Waals surface area contributed by atoms with Crippen LogP contribution >= 0.6 is 0 Å². The van der Waals surface area contributed by atoms with Crippen LogP contribution in [0.3, 0.4) is 0 Å². The fourth-order valence-electron chi connectivity index (χ4n) is 4.04. The molecule has 0 aliphatic heterocycles. The van der Waals surface area contributed by atoms with Gasteiger partial charge in [-0.2, -0.15) is 0 Å². The van der Waals surface area contributed by atoms with Crippen LogP contribution in [0.2, 0.25) is 0 Å². The lowest BCUT2D eigenvalue weighted by molar-refractivity contribution is -0.185. The van der Waals surface area contributed by atoms with E-state index in [1.807, 2.05) is 6.92 Å². The highest BCUT2D eigenvalue weighted by Gasteiger charge is 2.64. The SMILES string of the molecule is C#CC[C@]1(C)C(=O)CC[C@@H](OCOC)[C@@]12CCCC2=O. The molecule has 0 aromatic rings. The van der Waals surface area contributed by atoms with Crippen molar-refractivity contribution < 1.29 is 19.1 Å². The zero-order chi connectivity index (χ0) is 14.8. The first-order valence-corrected chi connectivity index (χ1v) is 7.13. The van der Waals surface area contributed by atoms with Gasteiger partial charge in [0, 0.05) is 26.4 Å². The maximum atomic E-state index is 12.6. The van der Waals surface area contributed by atoms with Crippen molar-refractivity contribution in [3.63, 3.8) is 0 Å².